The van der Waals surface area contributed by atoms with Crippen molar-refractivity contribution in [2.24, 2.45) is 0 Å². The van der Waals surface area contributed by atoms with E-state index < -0.39 is 0 Å². The van der Waals surface area contributed by atoms with Crippen molar-refractivity contribution in [3.63, 3.8) is 0 Å². The predicted molar refractivity (Wildman–Crippen MR) is 77.3 cm³/mol. The number of benzene rings is 1. The van der Waals surface area contributed by atoms with E-state index >= 15 is 0 Å². The number of carbonyl (C=O) groups is 2. The first kappa shape index (κ1) is 14.4. The van der Waals surface area contributed by atoms with Gasteiger partial charge in [0.25, 0.3) is 5.91 Å². The van der Waals surface area contributed by atoms with Crippen molar-refractivity contribution in [1.29, 1.82) is 0 Å². The predicted octanol–water partition coefficient (Wildman–Crippen LogP) is 1.70. The molecule has 0 atom stereocenters. The zero-order valence-electron chi connectivity index (χ0n) is 11.6. The quantitative estimate of drug-likeness (QED) is 0.892. The van der Waals surface area contributed by atoms with Gasteiger partial charge in [-0.3, -0.25) is 14.6 Å². The summed E-state index contributed by atoms with van der Waals surface area (Å²) >= 11 is 0. The number of anilines is 2. The summed E-state index contributed by atoms with van der Waals surface area (Å²) in [6.45, 7) is 1.41. The molecule has 0 radical (unpaired) electrons. The van der Waals surface area contributed by atoms with Crippen molar-refractivity contribution < 1.29 is 14.3 Å². The molecule has 0 bridgehead atoms. The van der Waals surface area contributed by atoms with Crippen LogP contribution < -0.4 is 15.4 Å². The van der Waals surface area contributed by atoms with E-state index in [1.165, 1.54) is 32.6 Å². The van der Waals surface area contributed by atoms with E-state index in [9.17, 15) is 9.59 Å². The molecule has 1 aromatic heterocycles. The van der Waals surface area contributed by atoms with Gasteiger partial charge in [-0.25, -0.2) is 4.98 Å². The number of methoxy groups -OCH3 is 1. The molecule has 7 heteroatoms. The van der Waals surface area contributed by atoms with Gasteiger partial charge in [-0.15, -0.1) is 0 Å². The second-order valence-electron chi connectivity index (χ2n) is 4.14. The second-order valence-corrected chi connectivity index (χ2v) is 4.14. The van der Waals surface area contributed by atoms with Crippen LogP contribution in [0.15, 0.2) is 36.8 Å². The molecule has 1 aromatic carbocycles. The molecule has 0 aliphatic carbocycles. The van der Waals surface area contributed by atoms with Gasteiger partial charge in [0.1, 0.15) is 11.4 Å². The lowest BCUT2D eigenvalue weighted by Gasteiger charge is -2.11. The summed E-state index contributed by atoms with van der Waals surface area (Å²) in [6.07, 6.45) is 4.30. The van der Waals surface area contributed by atoms with E-state index in [1.807, 2.05) is 0 Å². The summed E-state index contributed by atoms with van der Waals surface area (Å²) in [6, 6.07) is 4.91. The molecule has 2 rings (SSSR count). The lowest BCUT2D eigenvalue weighted by atomic mass is 10.2. The topological polar surface area (TPSA) is 93.2 Å². The highest BCUT2D eigenvalue weighted by atomic mass is 16.5. The molecule has 2 aromatic rings. The first-order chi connectivity index (χ1) is 10.1. The lowest BCUT2D eigenvalue weighted by molar-refractivity contribution is -0.114. The van der Waals surface area contributed by atoms with Crippen LogP contribution in [0.4, 0.5) is 11.4 Å². The summed E-state index contributed by atoms with van der Waals surface area (Å²) in [5.41, 5.74) is 1.27. The number of amides is 2. The van der Waals surface area contributed by atoms with E-state index in [0.29, 0.717) is 17.1 Å². The number of hydrogen-bond acceptors (Lipinski definition) is 5. The van der Waals surface area contributed by atoms with Crippen LogP contribution in [-0.4, -0.2) is 28.9 Å². The van der Waals surface area contributed by atoms with Crippen LogP contribution in [0.5, 0.6) is 5.75 Å². The summed E-state index contributed by atoms with van der Waals surface area (Å²) < 4.78 is 5.18. The fourth-order valence-electron chi connectivity index (χ4n) is 1.67. The van der Waals surface area contributed by atoms with Crippen molar-refractivity contribution in [3.05, 3.63) is 42.5 Å². The minimum absolute atomic E-state index is 0.204. The van der Waals surface area contributed by atoms with Gasteiger partial charge in [0.2, 0.25) is 5.91 Å². The van der Waals surface area contributed by atoms with Gasteiger partial charge in [-0.1, -0.05) is 0 Å². The second kappa shape index (κ2) is 6.47. The zero-order chi connectivity index (χ0) is 15.2. The maximum absolute atomic E-state index is 12.0. The molecule has 0 saturated carbocycles. The molecule has 0 spiro atoms. The largest absolute Gasteiger partial charge is 0.494 e. The van der Waals surface area contributed by atoms with Crippen molar-refractivity contribution in [3.8, 4) is 5.75 Å². The molecule has 0 fully saturated rings. The van der Waals surface area contributed by atoms with Crippen molar-refractivity contribution in [2.45, 2.75) is 6.92 Å². The van der Waals surface area contributed by atoms with Crippen LogP contribution >= 0.6 is 0 Å². The van der Waals surface area contributed by atoms with E-state index in [0.717, 1.165) is 0 Å². The number of carbonyl (C=O) groups excluding carboxylic acids is 2. The molecule has 1 heterocycles. The Balaban J connectivity index is 2.18. The molecule has 21 heavy (non-hydrogen) atoms. The van der Waals surface area contributed by atoms with E-state index in [4.69, 9.17) is 4.74 Å². The number of rotatable bonds is 4. The Hall–Kier alpha value is -2.96. The van der Waals surface area contributed by atoms with E-state index in [-0.39, 0.29) is 17.5 Å². The van der Waals surface area contributed by atoms with Gasteiger partial charge in [0, 0.05) is 31.1 Å². The van der Waals surface area contributed by atoms with Crippen LogP contribution in [-0.2, 0) is 4.79 Å². The third-order valence-corrected chi connectivity index (χ3v) is 2.57. The van der Waals surface area contributed by atoms with E-state index in [2.05, 4.69) is 20.6 Å². The minimum atomic E-state index is -0.377. The van der Waals surface area contributed by atoms with Crippen LogP contribution in [0.1, 0.15) is 17.4 Å². The number of ether oxygens (including phenoxy) is 1. The Labute approximate surface area is 121 Å². The van der Waals surface area contributed by atoms with Crippen LogP contribution in [0.2, 0.25) is 0 Å². The molecule has 0 unspecified atom stereocenters. The molecule has 0 saturated heterocycles. The fraction of sp³-hybridized carbons (Fsp3) is 0.143. The first-order valence-electron chi connectivity index (χ1n) is 6.13. The molecular weight excluding hydrogens is 272 g/mol. The third kappa shape index (κ3) is 3.75. The molecular formula is C14H14N4O3. The monoisotopic (exact) mass is 286 g/mol. The van der Waals surface area contributed by atoms with Crippen molar-refractivity contribution >= 4 is 23.2 Å². The maximum atomic E-state index is 12.0. The Morgan fingerprint density at radius 1 is 1.19 bits per heavy atom. The Bertz CT molecular complexity index is 659. The lowest BCUT2D eigenvalue weighted by Crippen LogP contribution is -2.14. The summed E-state index contributed by atoms with van der Waals surface area (Å²) in [4.78, 5) is 30.8. The number of nitrogens with zero attached hydrogens (tertiary/aromatic N) is 2. The maximum Gasteiger partial charge on any atom is 0.275 e. The molecule has 108 valence electrons. The molecule has 0 aliphatic rings. The number of hydrogen-bond donors (Lipinski definition) is 2. The van der Waals surface area contributed by atoms with Crippen LogP contribution in [0.3, 0.4) is 0 Å². The van der Waals surface area contributed by atoms with Gasteiger partial charge >= 0.3 is 0 Å². The Morgan fingerprint density at radius 2 is 2.00 bits per heavy atom. The average molecular weight is 286 g/mol. The SMILES string of the molecule is COc1cc(NC(=O)c2cnccn2)ccc1NC(C)=O. The number of nitrogens with one attached hydrogen (secondary N) is 2. The van der Waals surface area contributed by atoms with Gasteiger partial charge in [0.05, 0.1) is 19.0 Å². The van der Waals surface area contributed by atoms with Gasteiger partial charge in [0.15, 0.2) is 0 Å². The summed E-state index contributed by atoms with van der Waals surface area (Å²) in [7, 11) is 1.48. The van der Waals surface area contributed by atoms with Crippen LogP contribution in [0.25, 0.3) is 0 Å². The number of aromatic nitrogens is 2. The summed E-state index contributed by atoms with van der Waals surface area (Å²) in [5.74, 6) is -0.135. The zero-order valence-corrected chi connectivity index (χ0v) is 11.6. The highest BCUT2D eigenvalue weighted by molar-refractivity contribution is 6.03. The van der Waals surface area contributed by atoms with Gasteiger partial charge in [-0.05, 0) is 12.1 Å². The van der Waals surface area contributed by atoms with Crippen molar-refractivity contribution in [1.82, 2.24) is 9.97 Å². The fourth-order valence-corrected chi connectivity index (χ4v) is 1.67. The first-order valence-corrected chi connectivity index (χ1v) is 6.13. The Morgan fingerprint density at radius 3 is 2.62 bits per heavy atom. The minimum Gasteiger partial charge on any atom is -0.494 e. The van der Waals surface area contributed by atoms with Crippen molar-refractivity contribution in [2.75, 3.05) is 17.7 Å². The average Bonchev–Trinajstić information content (AvgIpc) is 2.49. The highest BCUT2D eigenvalue weighted by Gasteiger charge is 2.10. The van der Waals surface area contributed by atoms with Gasteiger partial charge < -0.3 is 15.4 Å². The molecule has 2 N–H and O–H groups in total. The molecule has 2 amide bonds. The Kier molecular flexibility index (Phi) is 4.45. The van der Waals surface area contributed by atoms with E-state index in [1.54, 1.807) is 18.2 Å². The normalized spacial score (nSPS) is 9.81. The molecule has 0 aliphatic heterocycles. The molecule has 7 nitrogen and oxygen atoms in total. The smallest absolute Gasteiger partial charge is 0.275 e. The van der Waals surface area contributed by atoms with Gasteiger partial charge in [-0.2, -0.15) is 0 Å². The summed E-state index contributed by atoms with van der Waals surface area (Å²) in [5, 5.41) is 5.32. The van der Waals surface area contributed by atoms with Crippen LogP contribution in [0, 0.1) is 0 Å². The standard InChI is InChI=1S/C14H14N4O3/c1-9(19)17-11-4-3-10(7-13(11)21-2)18-14(20)12-8-15-5-6-16-12/h3-8H,1-2H3,(H,17,19)(H,18,20). The highest BCUT2D eigenvalue weighted by Crippen LogP contribution is 2.28. The third-order valence-electron chi connectivity index (χ3n) is 2.57.